The van der Waals surface area contributed by atoms with E-state index in [1.165, 1.54) is 17.8 Å². The second-order valence-corrected chi connectivity index (χ2v) is 4.62. The van der Waals surface area contributed by atoms with Crippen molar-refractivity contribution >= 4 is 11.5 Å². The Morgan fingerprint density at radius 2 is 2.16 bits per heavy atom. The van der Waals surface area contributed by atoms with Gasteiger partial charge in [0, 0.05) is 0 Å². The van der Waals surface area contributed by atoms with E-state index in [0.717, 1.165) is 0 Å². The van der Waals surface area contributed by atoms with Crippen molar-refractivity contribution in [1.29, 1.82) is 0 Å². The van der Waals surface area contributed by atoms with Gasteiger partial charge in [-0.2, -0.15) is 0 Å². The van der Waals surface area contributed by atoms with Gasteiger partial charge in [-0.05, 0) is 6.92 Å². The number of hydrogen-bond acceptors (Lipinski definition) is 7. The molecule has 1 aromatic heterocycles. The summed E-state index contributed by atoms with van der Waals surface area (Å²) in [6.07, 6.45) is -3.86. The molecule has 19 heavy (non-hydrogen) atoms. The van der Waals surface area contributed by atoms with Gasteiger partial charge in [0.1, 0.15) is 29.8 Å². The molecule has 5 atom stereocenters. The van der Waals surface area contributed by atoms with Crippen molar-refractivity contribution in [2.24, 2.45) is 5.73 Å². The zero-order valence-electron chi connectivity index (χ0n) is 10.5. The molecular weight excluding hydrogens is 252 g/mol. The van der Waals surface area contributed by atoms with E-state index in [2.05, 4.69) is 11.6 Å². The van der Waals surface area contributed by atoms with Crippen LogP contribution in [0.4, 0.5) is 5.82 Å². The Kier molecular flexibility index (Phi) is 3.50. The Labute approximate surface area is 109 Å². The average molecular weight is 270 g/mol. The van der Waals surface area contributed by atoms with Crippen molar-refractivity contribution in [3.05, 3.63) is 18.6 Å². The van der Waals surface area contributed by atoms with Crippen molar-refractivity contribution in [3.63, 3.8) is 0 Å². The fourth-order valence-corrected chi connectivity index (χ4v) is 2.13. The van der Waals surface area contributed by atoms with E-state index in [4.69, 9.17) is 16.2 Å². The first-order valence-electron chi connectivity index (χ1n) is 5.81. The predicted octanol–water partition coefficient (Wildman–Crippen LogP) is -1.61. The van der Waals surface area contributed by atoms with Crippen LogP contribution in [0.1, 0.15) is 18.8 Å². The normalized spacial score (nSPS) is 32.4. The second kappa shape index (κ2) is 4.82. The molecular formula is C11H18N4O4. The molecule has 1 fully saturated rings. The van der Waals surface area contributed by atoms with E-state index >= 15 is 0 Å². The summed E-state index contributed by atoms with van der Waals surface area (Å²) in [7, 11) is 0. The lowest BCUT2D eigenvalue weighted by molar-refractivity contribution is -0.0782. The topological polar surface area (TPSA) is 140 Å². The summed E-state index contributed by atoms with van der Waals surface area (Å²) < 4.78 is 6.78. The van der Waals surface area contributed by atoms with Crippen LogP contribution < -0.4 is 11.5 Å². The molecule has 0 aromatic carbocycles. The lowest BCUT2D eigenvalue weighted by atomic mass is 10.1. The summed E-state index contributed by atoms with van der Waals surface area (Å²) in [5.74, 6) is 0.176. The monoisotopic (exact) mass is 270 g/mol. The Bertz CT molecular complexity index is 487. The van der Waals surface area contributed by atoms with Crippen LogP contribution in [0.5, 0.6) is 0 Å². The summed E-state index contributed by atoms with van der Waals surface area (Å²) in [6, 6.07) is 0. The number of hydrogen-bond donors (Lipinski definition) is 5. The maximum absolute atomic E-state index is 9.96. The first kappa shape index (κ1) is 13.8. The Balaban J connectivity index is 2.30. The average Bonchev–Trinajstić information content (AvgIpc) is 2.82. The first-order chi connectivity index (χ1) is 8.84. The van der Waals surface area contributed by atoms with Gasteiger partial charge in [0.05, 0.1) is 18.1 Å². The van der Waals surface area contributed by atoms with Gasteiger partial charge in [0.15, 0.2) is 6.23 Å². The minimum absolute atomic E-state index is 0.176. The van der Waals surface area contributed by atoms with Gasteiger partial charge in [0.2, 0.25) is 0 Å². The van der Waals surface area contributed by atoms with E-state index < -0.39 is 30.6 Å². The van der Waals surface area contributed by atoms with Crippen LogP contribution in [0.15, 0.2) is 12.9 Å². The number of aliphatic hydroxyl groups is 3. The van der Waals surface area contributed by atoms with Crippen LogP contribution in [-0.2, 0) is 4.74 Å². The fourth-order valence-electron chi connectivity index (χ4n) is 2.13. The standard InChI is InChI=1S/C11H18N4O4/c1-4(12)6-10(13)15(3-14-6)11-8(18)7(17)9(19-11)5(2)16/h3,5,7-9,11,16-18H,1,12-13H2,2H3/t5-,7-,8+,9+,11+/m0/s1. The van der Waals surface area contributed by atoms with E-state index in [0.29, 0.717) is 5.69 Å². The van der Waals surface area contributed by atoms with Crippen molar-refractivity contribution in [2.45, 2.75) is 37.6 Å². The number of rotatable bonds is 3. The molecule has 1 saturated heterocycles. The smallest absolute Gasteiger partial charge is 0.165 e. The quantitative estimate of drug-likeness (QED) is 0.445. The van der Waals surface area contributed by atoms with Crippen LogP contribution in [0.2, 0.25) is 0 Å². The third-order valence-corrected chi connectivity index (χ3v) is 3.16. The van der Waals surface area contributed by atoms with Crippen LogP contribution in [0.25, 0.3) is 5.70 Å². The number of nitrogens with zero attached hydrogens (tertiary/aromatic N) is 2. The van der Waals surface area contributed by atoms with E-state index in [1.54, 1.807) is 0 Å². The molecule has 7 N–H and O–H groups in total. The molecule has 0 aliphatic carbocycles. The highest BCUT2D eigenvalue weighted by atomic mass is 16.6. The Morgan fingerprint density at radius 3 is 2.58 bits per heavy atom. The minimum atomic E-state index is -1.23. The van der Waals surface area contributed by atoms with E-state index in [-0.39, 0.29) is 11.5 Å². The molecule has 8 heteroatoms. The summed E-state index contributed by atoms with van der Waals surface area (Å²) in [6.45, 7) is 5.00. The highest BCUT2D eigenvalue weighted by Crippen LogP contribution is 2.33. The number of aliphatic hydroxyl groups excluding tert-OH is 3. The summed E-state index contributed by atoms with van der Waals surface area (Å²) in [5.41, 5.74) is 11.8. The number of aromatic nitrogens is 2. The van der Waals surface area contributed by atoms with Crippen molar-refractivity contribution in [3.8, 4) is 0 Å². The highest BCUT2D eigenvalue weighted by Gasteiger charge is 2.46. The van der Waals surface area contributed by atoms with Gasteiger partial charge in [-0.15, -0.1) is 0 Å². The molecule has 0 spiro atoms. The van der Waals surface area contributed by atoms with Crippen molar-refractivity contribution in [2.75, 3.05) is 5.73 Å². The molecule has 1 aromatic rings. The summed E-state index contributed by atoms with van der Waals surface area (Å²) in [5, 5.41) is 29.3. The summed E-state index contributed by atoms with van der Waals surface area (Å²) >= 11 is 0. The lowest BCUT2D eigenvalue weighted by Crippen LogP contribution is -2.37. The minimum Gasteiger partial charge on any atom is -0.397 e. The van der Waals surface area contributed by atoms with Gasteiger partial charge < -0.3 is 31.5 Å². The van der Waals surface area contributed by atoms with Gasteiger partial charge in [-0.3, -0.25) is 4.57 Å². The highest BCUT2D eigenvalue weighted by molar-refractivity contribution is 5.66. The third-order valence-electron chi connectivity index (χ3n) is 3.16. The Morgan fingerprint density at radius 1 is 1.53 bits per heavy atom. The molecule has 8 nitrogen and oxygen atoms in total. The molecule has 0 saturated carbocycles. The maximum atomic E-state index is 9.96. The molecule has 106 valence electrons. The number of imidazole rings is 1. The van der Waals surface area contributed by atoms with Crippen LogP contribution in [-0.4, -0.2) is 49.3 Å². The first-order valence-corrected chi connectivity index (χ1v) is 5.81. The predicted molar refractivity (Wildman–Crippen MR) is 67.5 cm³/mol. The molecule has 0 amide bonds. The van der Waals surface area contributed by atoms with Gasteiger partial charge >= 0.3 is 0 Å². The van der Waals surface area contributed by atoms with Crippen LogP contribution in [0, 0.1) is 0 Å². The molecule has 0 unspecified atom stereocenters. The number of ether oxygens (including phenoxy) is 1. The Hall–Kier alpha value is -1.61. The second-order valence-electron chi connectivity index (χ2n) is 4.62. The van der Waals surface area contributed by atoms with Crippen LogP contribution in [0.3, 0.4) is 0 Å². The SMILES string of the molecule is C=C(N)c1ncn([C@@H]2O[C@H]([C@H](C)O)[C@@H](O)[C@H]2O)c1N. The number of anilines is 1. The molecule has 2 heterocycles. The van der Waals surface area contributed by atoms with Gasteiger partial charge in [0.25, 0.3) is 0 Å². The number of nitrogen functional groups attached to an aromatic ring is 1. The maximum Gasteiger partial charge on any atom is 0.165 e. The van der Waals surface area contributed by atoms with E-state index in [9.17, 15) is 15.3 Å². The molecule has 0 bridgehead atoms. The van der Waals surface area contributed by atoms with Gasteiger partial charge in [-0.1, -0.05) is 6.58 Å². The molecule has 1 aliphatic heterocycles. The summed E-state index contributed by atoms with van der Waals surface area (Å²) in [4.78, 5) is 3.97. The fraction of sp³-hybridized carbons (Fsp3) is 0.545. The molecule has 0 radical (unpaired) electrons. The molecule has 1 aliphatic rings. The van der Waals surface area contributed by atoms with Crippen LogP contribution >= 0.6 is 0 Å². The van der Waals surface area contributed by atoms with Gasteiger partial charge in [-0.25, -0.2) is 4.98 Å². The van der Waals surface area contributed by atoms with E-state index in [1.807, 2.05) is 0 Å². The zero-order chi connectivity index (χ0) is 14.3. The lowest BCUT2D eigenvalue weighted by Gasteiger charge is -2.18. The third kappa shape index (κ3) is 2.19. The number of nitrogens with two attached hydrogens (primary N) is 2. The van der Waals surface area contributed by atoms with Crippen molar-refractivity contribution < 1.29 is 20.1 Å². The molecule has 2 rings (SSSR count). The largest absolute Gasteiger partial charge is 0.397 e. The van der Waals surface area contributed by atoms with Crippen molar-refractivity contribution in [1.82, 2.24) is 9.55 Å². The zero-order valence-corrected chi connectivity index (χ0v) is 10.5.